The molecule has 0 bridgehead atoms. The molecule has 0 spiro atoms. The number of phenolic OH excluding ortho intramolecular Hbond substituents is 1. The highest BCUT2D eigenvalue weighted by Crippen LogP contribution is 2.17. The number of nitrogens with one attached hydrogen (secondary N) is 1. The van der Waals surface area contributed by atoms with Gasteiger partial charge in [-0.2, -0.15) is 0 Å². The molecule has 0 aliphatic carbocycles. The first-order valence-electron chi connectivity index (χ1n) is 4.83. The number of halogens is 1. The predicted molar refractivity (Wildman–Crippen MR) is 55.7 cm³/mol. The van der Waals surface area contributed by atoms with Crippen molar-refractivity contribution in [1.29, 1.82) is 0 Å². The third kappa shape index (κ3) is 2.60. The summed E-state index contributed by atoms with van der Waals surface area (Å²) in [7, 11) is 0. The zero-order chi connectivity index (χ0) is 12.3. The van der Waals surface area contributed by atoms with Crippen molar-refractivity contribution in [3.63, 3.8) is 0 Å². The molecule has 2 rings (SSSR count). The summed E-state index contributed by atoms with van der Waals surface area (Å²) < 4.78 is 17.7. The van der Waals surface area contributed by atoms with E-state index in [-0.39, 0.29) is 17.9 Å². The van der Waals surface area contributed by atoms with Crippen molar-refractivity contribution in [3.8, 4) is 5.75 Å². The summed E-state index contributed by atoms with van der Waals surface area (Å²) in [6.45, 7) is 0.120. The van der Waals surface area contributed by atoms with Crippen LogP contribution < -0.4 is 5.32 Å². The minimum Gasteiger partial charge on any atom is -0.507 e. The number of nitrogens with zero attached hydrogens (tertiary/aromatic N) is 1. The van der Waals surface area contributed by atoms with E-state index in [1.807, 2.05) is 0 Å². The maximum absolute atomic E-state index is 12.9. The van der Waals surface area contributed by atoms with Crippen molar-refractivity contribution in [3.05, 3.63) is 47.6 Å². The van der Waals surface area contributed by atoms with Gasteiger partial charge in [0.2, 0.25) is 0 Å². The summed E-state index contributed by atoms with van der Waals surface area (Å²) in [6, 6.07) is 4.75. The number of benzene rings is 1. The molecule has 0 aliphatic rings. The van der Waals surface area contributed by atoms with E-state index in [2.05, 4.69) is 10.5 Å². The van der Waals surface area contributed by atoms with Gasteiger partial charge in [0.15, 0.2) is 5.76 Å². The van der Waals surface area contributed by atoms with Gasteiger partial charge in [-0.15, -0.1) is 0 Å². The van der Waals surface area contributed by atoms with Gasteiger partial charge in [0.1, 0.15) is 11.6 Å². The van der Waals surface area contributed by atoms with Crippen LogP contribution in [-0.4, -0.2) is 16.2 Å². The van der Waals surface area contributed by atoms with Crippen LogP contribution in [0.4, 0.5) is 4.39 Å². The number of carbonyl (C=O) groups is 1. The topological polar surface area (TPSA) is 75.4 Å². The molecule has 1 aromatic carbocycles. The summed E-state index contributed by atoms with van der Waals surface area (Å²) in [5.74, 6) is -0.985. The second-order valence-corrected chi connectivity index (χ2v) is 3.32. The number of hydrogen-bond donors (Lipinski definition) is 2. The molecule has 0 fully saturated rings. The van der Waals surface area contributed by atoms with Gasteiger partial charge < -0.3 is 14.9 Å². The number of aromatic hydroxyl groups is 1. The van der Waals surface area contributed by atoms with E-state index < -0.39 is 11.7 Å². The zero-order valence-electron chi connectivity index (χ0n) is 8.68. The molecule has 0 unspecified atom stereocenters. The van der Waals surface area contributed by atoms with Crippen molar-refractivity contribution >= 4 is 5.91 Å². The van der Waals surface area contributed by atoms with Gasteiger partial charge in [-0.3, -0.25) is 4.79 Å². The van der Waals surface area contributed by atoms with Crippen molar-refractivity contribution in [2.75, 3.05) is 0 Å². The van der Waals surface area contributed by atoms with Crippen LogP contribution in [0.2, 0.25) is 0 Å². The van der Waals surface area contributed by atoms with E-state index in [9.17, 15) is 14.3 Å². The predicted octanol–water partition coefficient (Wildman–Crippen LogP) is 1.45. The van der Waals surface area contributed by atoms with Gasteiger partial charge in [0.25, 0.3) is 5.91 Å². The summed E-state index contributed by atoms with van der Waals surface area (Å²) in [5.41, 5.74) is -0.121. The number of phenols is 1. The Morgan fingerprint density at radius 1 is 1.47 bits per heavy atom. The van der Waals surface area contributed by atoms with Gasteiger partial charge in [-0.05, 0) is 18.2 Å². The lowest BCUT2D eigenvalue weighted by Gasteiger charge is -2.05. The Bertz CT molecular complexity index is 526. The number of hydrogen-bond acceptors (Lipinski definition) is 4. The number of amides is 1. The monoisotopic (exact) mass is 236 g/mol. The Balaban J connectivity index is 2.07. The molecule has 0 saturated carbocycles. The largest absolute Gasteiger partial charge is 0.507 e. The molecule has 2 N–H and O–H groups in total. The van der Waals surface area contributed by atoms with Crippen LogP contribution in [0.25, 0.3) is 0 Å². The van der Waals surface area contributed by atoms with Gasteiger partial charge in [-0.25, -0.2) is 4.39 Å². The van der Waals surface area contributed by atoms with Gasteiger partial charge in [0, 0.05) is 6.07 Å². The van der Waals surface area contributed by atoms with Crippen LogP contribution in [-0.2, 0) is 6.54 Å². The van der Waals surface area contributed by atoms with E-state index >= 15 is 0 Å². The minimum atomic E-state index is -0.590. The Hall–Kier alpha value is -2.37. The lowest BCUT2D eigenvalue weighted by atomic mass is 10.2. The number of aromatic nitrogens is 1. The summed E-state index contributed by atoms with van der Waals surface area (Å²) in [6.07, 6.45) is 1.45. The smallest absolute Gasteiger partial charge is 0.255 e. The molecule has 0 atom stereocenters. The Kier molecular flexibility index (Phi) is 3.04. The highest BCUT2D eigenvalue weighted by molar-refractivity contribution is 5.96. The molecule has 1 amide bonds. The van der Waals surface area contributed by atoms with E-state index in [0.29, 0.717) is 5.76 Å². The third-order valence-corrected chi connectivity index (χ3v) is 2.12. The molecule has 1 heterocycles. The first-order valence-corrected chi connectivity index (χ1v) is 4.83. The van der Waals surface area contributed by atoms with E-state index in [1.165, 1.54) is 6.20 Å². The van der Waals surface area contributed by atoms with Crippen LogP contribution in [0.3, 0.4) is 0 Å². The van der Waals surface area contributed by atoms with Crippen LogP contribution in [0.1, 0.15) is 16.1 Å². The molecule has 17 heavy (non-hydrogen) atoms. The Labute approximate surface area is 95.9 Å². The lowest BCUT2D eigenvalue weighted by molar-refractivity contribution is 0.0944. The van der Waals surface area contributed by atoms with Crippen molar-refractivity contribution < 1.29 is 18.8 Å². The molecule has 88 valence electrons. The second kappa shape index (κ2) is 4.65. The summed E-state index contributed by atoms with van der Waals surface area (Å²) in [5, 5.41) is 15.3. The maximum atomic E-state index is 12.9. The number of rotatable bonds is 3. The van der Waals surface area contributed by atoms with Crippen LogP contribution in [0, 0.1) is 5.82 Å². The summed E-state index contributed by atoms with van der Waals surface area (Å²) in [4.78, 5) is 11.6. The van der Waals surface area contributed by atoms with Crippen LogP contribution >= 0.6 is 0 Å². The highest BCUT2D eigenvalue weighted by atomic mass is 19.1. The third-order valence-electron chi connectivity index (χ3n) is 2.12. The maximum Gasteiger partial charge on any atom is 0.255 e. The summed E-state index contributed by atoms with van der Waals surface area (Å²) >= 11 is 0. The molecule has 0 radical (unpaired) electrons. The van der Waals surface area contributed by atoms with Gasteiger partial charge in [-0.1, -0.05) is 5.16 Å². The fraction of sp³-hybridized carbons (Fsp3) is 0.0909. The Morgan fingerprint density at radius 2 is 2.29 bits per heavy atom. The van der Waals surface area contributed by atoms with Crippen molar-refractivity contribution in [2.24, 2.45) is 0 Å². The molecular formula is C11H9FN2O3. The zero-order valence-corrected chi connectivity index (χ0v) is 8.68. The first-order chi connectivity index (χ1) is 8.16. The van der Waals surface area contributed by atoms with Crippen LogP contribution in [0.5, 0.6) is 5.75 Å². The molecule has 6 heteroatoms. The van der Waals surface area contributed by atoms with E-state index in [4.69, 9.17) is 4.52 Å². The average molecular weight is 236 g/mol. The van der Waals surface area contributed by atoms with Crippen LogP contribution in [0.15, 0.2) is 35.0 Å². The highest BCUT2D eigenvalue weighted by Gasteiger charge is 2.12. The molecule has 5 nitrogen and oxygen atoms in total. The Morgan fingerprint density at radius 3 is 3.00 bits per heavy atom. The molecule has 1 aromatic heterocycles. The van der Waals surface area contributed by atoms with E-state index in [0.717, 1.165) is 18.2 Å². The first kappa shape index (κ1) is 11.1. The normalized spacial score (nSPS) is 10.2. The van der Waals surface area contributed by atoms with Crippen molar-refractivity contribution in [1.82, 2.24) is 10.5 Å². The second-order valence-electron chi connectivity index (χ2n) is 3.32. The molecular weight excluding hydrogens is 227 g/mol. The SMILES string of the molecule is O=C(NCc1ccno1)c1cc(F)ccc1O. The standard InChI is InChI=1S/C11H9FN2O3/c12-7-1-2-10(15)9(5-7)11(16)13-6-8-3-4-14-17-8/h1-5,15H,6H2,(H,13,16). The lowest BCUT2D eigenvalue weighted by Crippen LogP contribution is -2.22. The van der Waals surface area contributed by atoms with Gasteiger partial charge >= 0.3 is 0 Å². The fourth-order valence-electron chi connectivity index (χ4n) is 1.29. The molecule has 2 aromatic rings. The fourth-order valence-corrected chi connectivity index (χ4v) is 1.29. The number of carbonyl (C=O) groups excluding carboxylic acids is 1. The average Bonchev–Trinajstić information content (AvgIpc) is 2.82. The molecule has 0 saturated heterocycles. The van der Waals surface area contributed by atoms with E-state index in [1.54, 1.807) is 6.07 Å². The van der Waals surface area contributed by atoms with Crippen molar-refractivity contribution in [2.45, 2.75) is 6.54 Å². The minimum absolute atomic E-state index is 0.120. The quantitative estimate of drug-likeness (QED) is 0.845. The molecule has 0 aliphatic heterocycles. The van der Waals surface area contributed by atoms with Gasteiger partial charge in [0.05, 0.1) is 18.3 Å².